The van der Waals surface area contributed by atoms with Gasteiger partial charge >= 0.3 is 0 Å². The molecule has 1 aliphatic heterocycles. The second-order valence-corrected chi connectivity index (χ2v) is 19.1. The number of amides is 1. The van der Waals surface area contributed by atoms with Gasteiger partial charge < -0.3 is 29.5 Å². The number of aliphatic hydroxyl groups is 1. The standard InChI is InChI=1S/C35H61NO6Si/c1-12-28(34(36)38)20-24(3)33-26(5)32(37)25(4)31(41-33)21-30(42-43(10,11)35(6,7)8)23(2)14-13-19-40-22-27-15-17-29(39-9)18-16-27/h15-18,23-25,28,30-32,37H,12-14,19-22H2,1-11H3,(H2,36,38)/t23-,24-,25-,28-,30-,31-,32-/m0/s1. The lowest BCUT2D eigenvalue weighted by atomic mass is 9.81. The summed E-state index contributed by atoms with van der Waals surface area (Å²) < 4.78 is 25.1. The highest BCUT2D eigenvalue weighted by atomic mass is 28.4. The monoisotopic (exact) mass is 619 g/mol. The molecule has 0 unspecified atom stereocenters. The number of benzene rings is 1. The van der Waals surface area contributed by atoms with Crippen LogP contribution in [0.25, 0.3) is 0 Å². The summed E-state index contributed by atoms with van der Waals surface area (Å²) in [6.07, 6.45) is 3.13. The smallest absolute Gasteiger partial charge is 0.220 e. The minimum atomic E-state index is -2.08. The largest absolute Gasteiger partial charge is 0.497 e. The van der Waals surface area contributed by atoms with Crippen LogP contribution in [0.2, 0.25) is 18.1 Å². The number of primary amides is 1. The maximum atomic E-state index is 12.0. The molecule has 2 rings (SSSR count). The zero-order valence-electron chi connectivity index (χ0n) is 28.9. The van der Waals surface area contributed by atoms with Crippen molar-refractivity contribution in [2.75, 3.05) is 13.7 Å². The van der Waals surface area contributed by atoms with Gasteiger partial charge in [-0.2, -0.15) is 0 Å². The van der Waals surface area contributed by atoms with Crippen LogP contribution >= 0.6 is 0 Å². The Labute approximate surface area is 263 Å². The van der Waals surface area contributed by atoms with E-state index < -0.39 is 14.4 Å². The molecule has 1 heterocycles. The van der Waals surface area contributed by atoms with E-state index in [9.17, 15) is 9.90 Å². The van der Waals surface area contributed by atoms with Crippen molar-refractivity contribution in [3.8, 4) is 5.75 Å². The van der Waals surface area contributed by atoms with Gasteiger partial charge in [0.15, 0.2) is 8.32 Å². The van der Waals surface area contributed by atoms with Crippen molar-refractivity contribution in [3.63, 3.8) is 0 Å². The van der Waals surface area contributed by atoms with Crippen molar-refractivity contribution in [2.45, 2.75) is 131 Å². The molecule has 0 bridgehead atoms. The first-order valence-corrected chi connectivity index (χ1v) is 19.2. The van der Waals surface area contributed by atoms with Gasteiger partial charge in [-0.1, -0.05) is 60.6 Å². The van der Waals surface area contributed by atoms with Crippen molar-refractivity contribution in [2.24, 2.45) is 29.4 Å². The summed E-state index contributed by atoms with van der Waals surface area (Å²) in [5.74, 6) is 1.37. The molecule has 246 valence electrons. The van der Waals surface area contributed by atoms with Crippen LogP contribution in [-0.2, 0) is 25.3 Å². The average Bonchev–Trinajstić information content (AvgIpc) is 2.94. The van der Waals surface area contributed by atoms with Gasteiger partial charge in [-0.15, -0.1) is 0 Å². The molecule has 0 radical (unpaired) electrons. The van der Waals surface area contributed by atoms with Crippen LogP contribution in [-0.4, -0.2) is 51.4 Å². The van der Waals surface area contributed by atoms with Gasteiger partial charge in [-0.05, 0) is 79.9 Å². The van der Waals surface area contributed by atoms with E-state index in [0.29, 0.717) is 38.4 Å². The number of hydrogen-bond donors (Lipinski definition) is 2. The predicted octanol–water partition coefficient (Wildman–Crippen LogP) is 7.62. The highest BCUT2D eigenvalue weighted by molar-refractivity contribution is 6.74. The molecular weight excluding hydrogens is 558 g/mol. The van der Waals surface area contributed by atoms with Crippen LogP contribution < -0.4 is 10.5 Å². The van der Waals surface area contributed by atoms with Crippen molar-refractivity contribution in [1.82, 2.24) is 0 Å². The molecule has 7 nitrogen and oxygen atoms in total. The van der Waals surface area contributed by atoms with Crippen LogP contribution in [0, 0.1) is 23.7 Å². The molecule has 0 saturated heterocycles. The third-order valence-corrected chi connectivity index (χ3v) is 14.4. The van der Waals surface area contributed by atoms with E-state index in [1.807, 2.05) is 38.1 Å². The van der Waals surface area contributed by atoms with Gasteiger partial charge in [0.1, 0.15) is 17.6 Å². The molecule has 0 aliphatic carbocycles. The van der Waals surface area contributed by atoms with Crippen molar-refractivity contribution in [3.05, 3.63) is 41.2 Å². The van der Waals surface area contributed by atoms with Crippen LogP contribution in [0.15, 0.2) is 35.6 Å². The lowest BCUT2D eigenvalue weighted by Crippen LogP contribution is -2.48. The maximum Gasteiger partial charge on any atom is 0.220 e. The topological polar surface area (TPSA) is 100 Å². The van der Waals surface area contributed by atoms with E-state index in [-0.39, 0.29) is 40.9 Å². The maximum absolute atomic E-state index is 12.0. The summed E-state index contributed by atoms with van der Waals surface area (Å²) in [6, 6.07) is 7.98. The zero-order valence-corrected chi connectivity index (χ0v) is 29.9. The molecule has 7 atom stereocenters. The predicted molar refractivity (Wildman–Crippen MR) is 177 cm³/mol. The third-order valence-electron chi connectivity index (χ3n) is 9.90. The molecule has 0 spiro atoms. The molecule has 1 aromatic rings. The minimum absolute atomic E-state index is 0.00824. The van der Waals surface area contributed by atoms with E-state index in [1.54, 1.807) is 7.11 Å². The van der Waals surface area contributed by atoms with Crippen molar-refractivity contribution >= 4 is 14.2 Å². The van der Waals surface area contributed by atoms with Crippen molar-refractivity contribution < 1.29 is 28.5 Å². The number of hydrogen-bond acceptors (Lipinski definition) is 6. The van der Waals surface area contributed by atoms with Gasteiger partial charge in [0.2, 0.25) is 5.91 Å². The molecule has 8 heteroatoms. The number of carbonyl (C=O) groups excluding carboxylic acids is 1. The second-order valence-electron chi connectivity index (χ2n) is 14.3. The normalized spacial score (nSPS) is 22.5. The number of allylic oxidation sites excluding steroid dienone is 1. The quantitative estimate of drug-likeness (QED) is 0.137. The van der Waals surface area contributed by atoms with Crippen molar-refractivity contribution in [1.29, 1.82) is 0 Å². The Balaban J connectivity index is 2.13. The number of rotatable bonds is 17. The summed E-state index contributed by atoms with van der Waals surface area (Å²) >= 11 is 0. The molecule has 3 N–H and O–H groups in total. The number of nitrogens with two attached hydrogens (primary N) is 1. The molecule has 0 saturated carbocycles. The van der Waals surface area contributed by atoms with Crippen LogP contribution in [0.4, 0.5) is 0 Å². The van der Waals surface area contributed by atoms with Crippen LogP contribution in [0.5, 0.6) is 5.75 Å². The minimum Gasteiger partial charge on any atom is -0.497 e. The van der Waals surface area contributed by atoms with E-state index in [4.69, 9.17) is 24.4 Å². The molecule has 1 amide bonds. The zero-order chi connectivity index (χ0) is 32.5. The summed E-state index contributed by atoms with van der Waals surface area (Å²) in [6.45, 7) is 23.0. The molecule has 0 aromatic heterocycles. The first-order chi connectivity index (χ1) is 20.0. The number of aliphatic hydroxyl groups excluding tert-OH is 1. The Morgan fingerprint density at radius 1 is 1.16 bits per heavy atom. The Morgan fingerprint density at radius 3 is 2.33 bits per heavy atom. The summed E-state index contributed by atoms with van der Waals surface area (Å²) in [5, 5.41) is 11.4. The van der Waals surface area contributed by atoms with E-state index >= 15 is 0 Å². The number of carbonyl (C=O) groups is 1. The highest BCUT2D eigenvalue weighted by Crippen LogP contribution is 2.42. The Kier molecular flexibility index (Phi) is 14.3. The Morgan fingerprint density at radius 2 is 1.79 bits per heavy atom. The Bertz CT molecular complexity index is 1030. The first kappa shape index (κ1) is 37.3. The fourth-order valence-corrected chi connectivity index (χ4v) is 7.12. The Hall–Kier alpha value is -1.87. The number of ether oxygens (including phenoxy) is 3. The SMILES string of the molecule is CC[C@@H](C[C@H](C)C1=C(C)[C@@H](O)[C@@H](C)[C@H](C[C@H](O[Si](C)(C)C(C)(C)C)[C@@H](C)CCCOCc2ccc(OC)cc2)O1)C(N)=O. The summed E-state index contributed by atoms with van der Waals surface area (Å²) in [4.78, 5) is 12.0. The first-order valence-electron chi connectivity index (χ1n) is 16.2. The lowest BCUT2D eigenvalue weighted by molar-refractivity contribution is -0.122. The van der Waals surface area contributed by atoms with Gasteiger partial charge in [-0.25, -0.2) is 0 Å². The molecule has 1 aromatic carbocycles. The van der Waals surface area contributed by atoms with Gasteiger partial charge in [-0.3, -0.25) is 4.79 Å². The number of methoxy groups -OCH3 is 1. The van der Waals surface area contributed by atoms with Crippen LogP contribution in [0.3, 0.4) is 0 Å². The van der Waals surface area contributed by atoms with Crippen LogP contribution in [0.1, 0.15) is 93.1 Å². The second kappa shape index (κ2) is 16.4. The molecule has 1 aliphatic rings. The molecule has 0 fully saturated rings. The average molecular weight is 620 g/mol. The molecular formula is C35H61NO6Si. The van der Waals surface area contributed by atoms with Gasteiger partial charge in [0.05, 0.1) is 25.9 Å². The third kappa shape index (κ3) is 10.6. The molecule has 43 heavy (non-hydrogen) atoms. The van der Waals surface area contributed by atoms with E-state index in [2.05, 4.69) is 54.6 Å². The van der Waals surface area contributed by atoms with E-state index in [1.165, 1.54) is 0 Å². The fourth-order valence-electron chi connectivity index (χ4n) is 5.68. The lowest BCUT2D eigenvalue weighted by Gasteiger charge is -2.44. The summed E-state index contributed by atoms with van der Waals surface area (Å²) in [7, 11) is -0.405. The summed E-state index contributed by atoms with van der Waals surface area (Å²) in [5.41, 5.74) is 7.65. The van der Waals surface area contributed by atoms with Gasteiger partial charge in [0, 0.05) is 30.8 Å². The van der Waals surface area contributed by atoms with E-state index in [0.717, 1.165) is 35.5 Å². The highest BCUT2D eigenvalue weighted by Gasteiger charge is 2.43. The van der Waals surface area contributed by atoms with Gasteiger partial charge in [0.25, 0.3) is 0 Å². The fraction of sp³-hybridized carbons (Fsp3) is 0.743.